The number of carboxylic acids is 1. The third-order valence-electron chi connectivity index (χ3n) is 3.60. The van der Waals surface area contributed by atoms with Gasteiger partial charge in [-0.2, -0.15) is 0 Å². The van der Waals surface area contributed by atoms with Gasteiger partial charge in [0.2, 0.25) is 0 Å². The minimum atomic E-state index is -0.805. The summed E-state index contributed by atoms with van der Waals surface area (Å²) in [6, 6.07) is 0. The van der Waals surface area contributed by atoms with Crippen molar-refractivity contribution in [3.63, 3.8) is 0 Å². The Hall–Kier alpha value is -0.830. The molecule has 0 amide bonds. The van der Waals surface area contributed by atoms with E-state index in [1.807, 2.05) is 6.08 Å². The first kappa shape index (κ1) is 10.7. The lowest BCUT2D eigenvalue weighted by Crippen LogP contribution is -2.29. The van der Waals surface area contributed by atoms with Crippen LogP contribution in [0.25, 0.3) is 0 Å². The topological polar surface area (TPSA) is 49.8 Å². The van der Waals surface area contributed by atoms with Crippen LogP contribution in [0.2, 0.25) is 0 Å². The molecule has 1 aliphatic carbocycles. The van der Waals surface area contributed by atoms with Crippen molar-refractivity contribution in [2.75, 3.05) is 6.61 Å². The van der Waals surface area contributed by atoms with E-state index in [4.69, 9.17) is 9.84 Å². The lowest BCUT2D eigenvalue weighted by molar-refractivity contribution is -0.132. The number of aliphatic carboxylic acids is 1. The maximum atomic E-state index is 10.8. The van der Waals surface area contributed by atoms with E-state index in [2.05, 4.69) is 0 Å². The van der Waals surface area contributed by atoms with Crippen LogP contribution in [0.4, 0.5) is 0 Å². The van der Waals surface area contributed by atoms with E-state index >= 15 is 0 Å². The van der Waals surface area contributed by atoms with Crippen molar-refractivity contribution in [1.29, 1.82) is 0 Å². The highest BCUT2D eigenvalue weighted by Gasteiger charge is 2.45. The van der Waals surface area contributed by atoms with E-state index in [0.717, 1.165) is 19.4 Å². The maximum absolute atomic E-state index is 10.8. The third kappa shape index (κ3) is 2.23. The van der Waals surface area contributed by atoms with Gasteiger partial charge in [0, 0.05) is 11.0 Å². The van der Waals surface area contributed by atoms with Gasteiger partial charge in [0.1, 0.15) is 0 Å². The second-order valence-electron chi connectivity index (χ2n) is 4.75. The van der Waals surface area contributed by atoms with Crippen molar-refractivity contribution in [3.8, 4) is 0 Å². The zero-order chi connectivity index (χ0) is 10.9. The first-order valence-electron chi connectivity index (χ1n) is 5.68. The van der Waals surface area contributed by atoms with E-state index < -0.39 is 5.97 Å². The van der Waals surface area contributed by atoms with Gasteiger partial charge in [-0.1, -0.05) is 25.3 Å². The molecule has 0 aromatic rings. The number of rotatable bonds is 3. The van der Waals surface area contributed by atoms with Crippen molar-refractivity contribution in [1.82, 2.24) is 0 Å². The van der Waals surface area contributed by atoms with E-state index in [-0.39, 0.29) is 11.5 Å². The fraction of sp³-hybridized carbons (Fsp3) is 0.750. The number of ether oxygens (including phenoxy) is 1. The van der Waals surface area contributed by atoms with Crippen LogP contribution in [0.15, 0.2) is 11.6 Å². The van der Waals surface area contributed by atoms with E-state index in [1.54, 1.807) is 6.92 Å². The summed E-state index contributed by atoms with van der Waals surface area (Å²) in [5, 5.41) is 8.92. The minimum Gasteiger partial charge on any atom is -0.478 e. The number of epoxide rings is 1. The first-order valence-corrected chi connectivity index (χ1v) is 5.68. The van der Waals surface area contributed by atoms with Crippen LogP contribution in [0.5, 0.6) is 0 Å². The fourth-order valence-electron chi connectivity index (χ4n) is 2.64. The van der Waals surface area contributed by atoms with Gasteiger partial charge >= 0.3 is 5.97 Å². The molecule has 1 atom stereocenters. The number of carbonyl (C=O) groups is 1. The van der Waals surface area contributed by atoms with Crippen molar-refractivity contribution in [3.05, 3.63) is 11.6 Å². The Morgan fingerprint density at radius 2 is 2.00 bits per heavy atom. The Labute approximate surface area is 90.1 Å². The van der Waals surface area contributed by atoms with E-state index in [9.17, 15) is 4.79 Å². The van der Waals surface area contributed by atoms with E-state index in [0.29, 0.717) is 5.57 Å². The minimum absolute atomic E-state index is 0.0285. The summed E-state index contributed by atoms with van der Waals surface area (Å²) in [5.41, 5.74) is 0.494. The predicted octanol–water partition coefficient (Wildman–Crippen LogP) is 2.37. The SMILES string of the molecule is CC(=CC1(C2CO2)CCCCC1)C(=O)O. The molecule has 1 aliphatic heterocycles. The summed E-state index contributed by atoms with van der Waals surface area (Å²) in [6.07, 6.45) is 8.07. The molecule has 2 fully saturated rings. The zero-order valence-electron chi connectivity index (χ0n) is 9.16. The number of hydrogen-bond donors (Lipinski definition) is 1. The molecule has 3 nitrogen and oxygen atoms in total. The second kappa shape index (κ2) is 3.97. The lowest BCUT2D eigenvalue weighted by atomic mass is 9.71. The van der Waals surface area contributed by atoms with Gasteiger partial charge in [0.25, 0.3) is 0 Å². The fourth-order valence-corrected chi connectivity index (χ4v) is 2.64. The highest BCUT2D eigenvalue weighted by atomic mass is 16.6. The van der Waals surface area contributed by atoms with Gasteiger partial charge in [-0.15, -0.1) is 0 Å². The average Bonchev–Trinajstić information content (AvgIpc) is 3.02. The van der Waals surface area contributed by atoms with Crippen molar-refractivity contribution in [2.24, 2.45) is 5.41 Å². The van der Waals surface area contributed by atoms with E-state index in [1.165, 1.54) is 19.3 Å². The van der Waals surface area contributed by atoms with Gasteiger partial charge in [-0.3, -0.25) is 0 Å². The highest BCUT2D eigenvalue weighted by molar-refractivity contribution is 5.85. The van der Waals surface area contributed by atoms with Gasteiger partial charge in [0.05, 0.1) is 12.7 Å². The van der Waals surface area contributed by atoms with Crippen LogP contribution < -0.4 is 0 Å². The smallest absolute Gasteiger partial charge is 0.330 e. The van der Waals surface area contributed by atoms with Gasteiger partial charge in [-0.25, -0.2) is 4.79 Å². The molecule has 3 heteroatoms. The first-order chi connectivity index (χ1) is 7.14. The summed E-state index contributed by atoms with van der Waals surface area (Å²) in [6.45, 7) is 2.49. The molecule has 1 saturated carbocycles. The normalized spacial score (nSPS) is 29.9. The third-order valence-corrected chi connectivity index (χ3v) is 3.60. The summed E-state index contributed by atoms with van der Waals surface area (Å²) in [4.78, 5) is 10.8. The summed E-state index contributed by atoms with van der Waals surface area (Å²) < 4.78 is 5.39. The molecule has 1 saturated heterocycles. The Morgan fingerprint density at radius 1 is 1.40 bits per heavy atom. The largest absolute Gasteiger partial charge is 0.478 e. The van der Waals surface area contributed by atoms with Crippen molar-refractivity contribution < 1.29 is 14.6 Å². The molecule has 2 aliphatic rings. The lowest BCUT2D eigenvalue weighted by Gasteiger charge is -2.33. The van der Waals surface area contributed by atoms with Crippen LogP contribution >= 0.6 is 0 Å². The quantitative estimate of drug-likeness (QED) is 0.574. The summed E-state index contributed by atoms with van der Waals surface area (Å²) in [7, 11) is 0. The molecule has 15 heavy (non-hydrogen) atoms. The Morgan fingerprint density at radius 3 is 2.47 bits per heavy atom. The van der Waals surface area contributed by atoms with Crippen molar-refractivity contribution >= 4 is 5.97 Å². The second-order valence-corrected chi connectivity index (χ2v) is 4.75. The van der Waals surface area contributed by atoms with Crippen LogP contribution in [-0.4, -0.2) is 23.8 Å². The van der Waals surface area contributed by atoms with Gasteiger partial charge in [0.15, 0.2) is 0 Å². The molecular weight excluding hydrogens is 192 g/mol. The van der Waals surface area contributed by atoms with Crippen LogP contribution in [0.1, 0.15) is 39.0 Å². The molecule has 1 N–H and O–H groups in total. The predicted molar refractivity (Wildman–Crippen MR) is 56.7 cm³/mol. The number of hydrogen-bond acceptors (Lipinski definition) is 2. The summed E-state index contributed by atoms with van der Waals surface area (Å²) >= 11 is 0. The Balaban J connectivity index is 2.18. The van der Waals surface area contributed by atoms with Crippen LogP contribution in [0.3, 0.4) is 0 Å². The molecule has 1 unspecified atom stereocenters. The van der Waals surface area contributed by atoms with Gasteiger partial charge < -0.3 is 9.84 Å². The molecule has 0 radical (unpaired) electrons. The molecule has 0 aromatic heterocycles. The Bertz CT molecular complexity index is 283. The van der Waals surface area contributed by atoms with Crippen LogP contribution in [-0.2, 0) is 9.53 Å². The maximum Gasteiger partial charge on any atom is 0.330 e. The molecule has 0 bridgehead atoms. The monoisotopic (exact) mass is 210 g/mol. The standard InChI is InChI=1S/C12H18O3/c1-9(11(13)14)7-12(10-8-15-10)5-3-2-4-6-12/h7,10H,2-6,8H2,1H3,(H,13,14). The van der Waals surface area contributed by atoms with Crippen LogP contribution in [0, 0.1) is 5.41 Å². The molecule has 1 heterocycles. The van der Waals surface area contributed by atoms with Crippen molar-refractivity contribution in [2.45, 2.75) is 45.1 Å². The average molecular weight is 210 g/mol. The zero-order valence-corrected chi connectivity index (χ0v) is 9.16. The van der Waals surface area contributed by atoms with Gasteiger partial charge in [-0.05, 0) is 19.8 Å². The molecule has 84 valence electrons. The Kier molecular flexibility index (Phi) is 2.83. The molecule has 0 aromatic carbocycles. The molecule has 0 spiro atoms. The molecule has 2 rings (SSSR count). The number of carboxylic acid groups (broad SMARTS) is 1. The highest BCUT2D eigenvalue weighted by Crippen LogP contribution is 2.46. The summed E-state index contributed by atoms with van der Waals surface area (Å²) in [5.74, 6) is -0.805. The molecular formula is C12H18O3.